The monoisotopic (exact) mass is 414 g/mol. The Kier molecular flexibility index (Phi) is 6.65. The molecule has 1 N–H and O–H groups in total. The zero-order valence-corrected chi connectivity index (χ0v) is 20.2. The molecule has 2 unspecified atom stereocenters. The molecule has 0 spiro atoms. The lowest BCUT2D eigenvalue weighted by molar-refractivity contribution is 0.283. The molecule has 0 radical (unpaired) electrons. The van der Waals surface area contributed by atoms with Gasteiger partial charge in [-0.15, -0.1) is 0 Å². The van der Waals surface area contributed by atoms with Gasteiger partial charge in [-0.1, -0.05) is 121 Å². The molecule has 1 heteroatoms. The molecule has 0 aliphatic heterocycles. The minimum atomic E-state index is 0.00225. The average molecular weight is 415 g/mol. The summed E-state index contributed by atoms with van der Waals surface area (Å²) in [4.78, 5) is 0. The smallest absolute Gasteiger partial charge is 0.123 e. The average Bonchev–Trinajstić information content (AvgIpc) is 2.72. The van der Waals surface area contributed by atoms with Crippen molar-refractivity contribution in [3.8, 4) is 5.75 Å². The molecule has 0 heterocycles. The molecule has 0 aliphatic rings. The van der Waals surface area contributed by atoms with Crippen molar-refractivity contribution in [3.05, 3.63) is 101 Å². The van der Waals surface area contributed by atoms with E-state index in [0.717, 1.165) is 17.5 Å². The Hall–Kier alpha value is -2.54. The van der Waals surface area contributed by atoms with Crippen molar-refractivity contribution < 1.29 is 5.11 Å². The molecule has 0 fully saturated rings. The van der Waals surface area contributed by atoms with Gasteiger partial charge in [0.25, 0.3) is 0 Å². The Morgan fingerprint density at radius 1 is 0.677 bits per heavy atom. The van der Waals surface area contributed by atoms with E-state index >= 15 is 0 Å². The fourth-order valence-corrected chi connectivity index (χ4v) is 5.00. The van der Waals surface area contributed by atoms with E-state index in [-0.39, 0.29) is 22.7 Å². The van der Waals surface area contributed by atoms with E-state index < -0.39 is 0 Å². The van der Waals surface area contributed by atoms with Crippen LogP contribution in [0.15, 0.2) is 72.8 Å². The predicted octanol–water partition coefficient (Wildman–Crippen LogP) is 8.41. The highest BCUT2D eigenvalue weighted by atomic mass is 16.3. The van der Waals surface area contributed by atoms with E-state index in [0.29, 0.717) is 5.75 Å². The summed E-state index contributed by atoms with van der Waals surface area (Å²) in [6.45, 7) is 16.0. The predicted molar refractivity (Wildman–Crippen MR) is 133 cm³/mol. The van der Waals surface area contributed by atoms with Crippen molar-refractivity contribution in [1.29, 1.82) is 0 Å². The van der Waals surface area contributed by atoms with Crippen LogP contribution in [0, 0.1) is 5.41 Å². The van der Waals surface area contributed by atoms with Gasteiger partial charge in [0.1, 0.15) is 5.75 Å². The first-order chi connectivity index (χ1) is 14.5. The van der Waals surface area contributed by atoms with Crippen molar-refractivity contribution in [1.82, 2.24) is 0 Å². The molecule has 0 saturated heterocycles. The van der Waals surface area contributed by atoms with Crippen molar-refractivity contribution in [3.63, 3.8) is 0 Å². The van der Waals surface area contributed by atoms with Crippen LogP contribution in [0.1, 0.15) is 94.5 Å². The number of rotatable bonds is 6. The fourth-order valence-electron chi connectivity index (χ4n) is 5.00. The molecule has 1 nitrogen and oxygen atoms in total. The van der Waals surface area contributed by atoms with Crippen LogP contribution < -0.4 is 0 Å². The van der Waals surface area contributed by atoms with Gasteiger partial charge in [-0.05, 0) is 33.9 Å². The summed E-state index contributed by atoms with van der Waals surface area (Å²) in [7, 11) is 0. The Morgan fingerprint density at radius 3 is 1.42 bits per heavy atom. The molecule has 0 saturated carbocycles. The van der Waals surface area contributed by atoms with Crippen molar-refractivity contribution >= 4 is 0 Å². The minimum absolute atomic E-state index is 0.00225. The molecule has 164 valence electrons. The number of phenolic OH excluding ortho intramolecular Hbond substituents is 1. The Balaban J connectivity index is 2.18. The van der Waals surface area contributed by atoms with Gasteiger partial charge in [0.2, 0.25) is 0 Å². The van der Waals surface area contributed by atoms with E-state index in [1.807, 2.05) is 12.1 Å². The Labute approximate surface area is 189 Å². The SMILES string of the molecule is CC(c1ccccc1)c1cc(C(C)(C)CC(C)(C)C)cc(C(C)c2ccccc2)c1O. The maximum atomic E-state index is 11.5. The molecule has 3 aromatic carbocycles. The maximum Gasteiger partial charge on any atom is 0.123 e. The fraction of sp³-hybridized carbons (Fsp3) is 0.400. The molecular formula is C30H38O. The van der Waals surface area contributed by atoms with E-state index in [1.54, 1.807) is 0 Å². The highest BCUT2D eigenvalue weighted by Gasteiger charge is 2.30. The molecule has 3 aromatic rings. The van der Waals surface area contributed by atoms with Crippen LogP contribution in [0.5, 0.6) is 5.75 Å². The highest BCUT2D eigenvalue weighted by molar-refractivity contribution is 5.53. The maximum absolute atomic E-state index is 11.5. The van der Waals surface area contributed by atoms with Gasteiger partial charge in [-0.3, -0.25) is 0 Å². The molecule has 0 amide bonds. The molecule has 0 aromatic heterocycles. The van der Waals surface area contributed by atoms with E-state index in [4.69, 9.17) is 0 Å². The lowest BCUT2D eigenvalue weighted by Gasteiger charge is -2.34. The minimum Gasteiger partial charge on any atom is -0.507 e. The van der Waals surface area contributed by atoms with Gasteiger partial charge in [-0.2, -0.15) is 0 Å². The quantitative estimate of drug-likeness (QED) is 0.429. The summed E-state index contributed by atoms with van der Waals surface area (Å²) in [5.74, 6) is 0.671. The standard InChI is InChI=1S/C30H38O/c1-21(23-14-10-8-11-15-23)26-18-25(30(6,7)20-29(3,4)5)19-27(28(26)31)22(2)24-16-12-9-13-17-24/h8-19,21-22,31H,20H2,1-7H3. The zero-order chi connectivity index (χ0) is 22.8. The van der Waals surface area contributed by atoms with Crippen LogP contribution in [0.2, 0.25) is 0 Å². The molecule has 0 bridgehead atoms. The van der Waals surface area contributed by atoms with Gasteiger partial charge < -0.3 is 5.11 Å². The van der Waals surface area contributed by atoms with Crippen LogP contribution >= 0.6 is 0 Å². The summed E-state index contributed by atoms with van der Waals surface area (Å²) in [6, 6.07) is 25.5. The van der Waals surface area contributed by atoms with Gasteiger partial charge in [0.15, 0.2) is 0 Å². The normalized spacial score (nSPS) is 14.3. The molecular weight excluding hydrogens is 376 g/mol. The largest absolute Gasteiger partial charge is 0.507 e. The highest BCUT2D eigenvalue weighted by Crippen LogP contribution is 2.44. The third kappa shape index (κ3) is 5.39. The first-order valence-corrected chi connectivity index (χ1v) is 11.5. The number of hydrogen-bond acceptors (Lipinski definition) is 1. The van der Waals surface area contributed by atoms with Crippen LogP contribution in [0.3, 0.4) is 0 Å². The molecule has 3 rings (SSSR count). The van der Waals surface area contributed by atoms with Gasteiger partial charge >= 0.3 is 0 Å². The second-order valence-electron chi connectivity index (χ2n) is 10.9. The van der Waals surface area contributed by atoms with E-state index in [1.165, 1.54) is 16.7 Å². The third-order valence-corrected chi connectivity index (χ3v) is 6.45. The summed E-state index contributed by atoms with van der Waals surface area (Å²) in [5, 5.41) is 11.5. The Morgan fingerprint density at radius 2 is 1.06 bits per heavy atom. The second kappa shape index (κ2) is 8.91. The summed E-state index contributed by atoms with van der Waals surface area (Å²) >= 11 is 0. The number of phenols is 1. The topological polar surface area (TPSA) is 20.2 Å². The molecule has 0 aliphatic carbocycles. The van der Waals surface area contributed by atoms with Crippen molar-refractivity contribution in [2.24, 2.45) is 5.41 Å². The lowest BCUT2D eigenvalue weighted by atomic mass is 9.70. The molecule has 31 heavy (non-hydrogen) atoms. The number of hydrogen-bond donors (Lipinski definition) is 1. The van der Waals surface area contributed by atoms with Gasteiger partial charge in [-0.25, -0.2) is 0 Å². The summed E-state index contributed by atoms with van der Waals surface area (Å²) in [5.41, 5.74) is 6.01. The van der Waals surface area contributed by atoms with Gasteiger partial charge in [0, 0.05) is 23.0 Å². The second-order valence-corrected chi connectivity index (χ2v) is 10.9. The third-order valence-electron chi connectivity index (χ3n) is 6.45. The molecule has 2 atom stereocenters. The van der Waals surface area contributed by atoms with Crippen LogP contribution in [-0.2, 0) is 5.41 Å². The van der Waals surface area contributed by atoms with E-state index in [9.17, 15) is 5.11 Å². The number of aromatic hydroxyl groups is 1. The van der Waals surface area contributed by atoms with Crippen molar-refractivity contribution in [2.75, 3.05) is 0 Å². The van der Waals surface area contributed by atoms with Crippen molar-refractivity contribution in [2.45, 2.75) is 72.1 Å². The summed E-state index contributed by atoms with van der Waals surface area (Å²) < 4.78 is 0. The Bertz CT molecular complexity index is 927. The first kappa shape index (κ1) is 23.1. The zero-order valence-electron chi connectivity index (χ0n) is 20.2. The van der Waals surface area contributed by atoms with Gasteiger partial charge in [0.05, 0.1) is 0 Å². The number of benzene rings is 3. The summed E-state index contributed by atoms with van der Waals surface area (Å²) in [6.07, 6.45) is 1.07. The first-order valence-electron chi connectivity index (χ1n) is 11.5. The van der Waals surface area contributed by atoms with Crippen LogP contribution in [-0.4, -0.2) is 5.11 Å². The van der Waals surface area contributed by atoms with E-state index in [2.05, 4.69) is 109 Å². The van der Waals surface area contributed by atoms with Crippen LogP contribution in [0.4, 0.5) is 0 Å². The van der Waals surface area contributed by atoms with Crippen LogP contribution in [0.25, 0.3) is 0 Å². The lowest BCUT2D eigenvalue weighted by Crippen LogP contribution is -2.25.